The van der Waals surface area contributed by atoms with Crippen LogP contribution < -0.4 is 25.4 Å². The summed E-state index contributed by atoms with van der Waals surface area (Å²) in [5.74, 6) is 1.49. The zero-order valence-electron chi connectivity index (χ0n) is 28.1. The maximum Gasteiger partial charge on any atom is 0.417 e. The molecule has 0 radical (unpaired) electrons. The molecule has 9 nitrogen and oxygen atoms in total. The number of nitrogens with zero attached hydrogens (tertiary/aromatic N) is 3. The third kappa shape index (κ3) is 8.56. The van der Waals surface area contributed by atoms with Crippen molar-refractivity contribution in [2.45, 2.75) is 38.3 Å². The van der Waals surface area contributed by atoms with Crippen LogP contribution in [-0.4, -0.2) is 92.9 Å². The molecule has 6 rings (SSSR count). The summed E-state index contributed by atoms with van der Waals surface area (Å²) in [5.41, 5.74) is 3.14. The van der Waals surface area contributed by atoms with E-state index in [1.807, 2.05) is 41.1 Å². The van der Waals surface area contributed by atoms with Gasteiger partial charge in [-0.3, -0.25) is 14.6 Å². The van der Waals surface area contributed by atoms with Gasteiger partial charge in [0.25, 0.3) is 0 Å². The van der Waals surface area contributed by atoms with Gasteiger partial charge in [-0.05, 0) is 53.4 Å². The van der Waals surface area contributed by atoms with Gasteiger partial charge in [0.15, 0.2) is 0 Å². The molecule has 2 aliphatic rings. The van der Waals surface area contributed by atoms with Crippen molar-refractivity contribution in [3.05, 3.63) is 83.6 Å². The Morgan fingerprint density at radius 1 is 0.878 bits per heavy atom. The van der Waals surface area contributed by atoms with Crippen molar-refractivity contribution >= 4 is 16.8 Å². The fraction of sp³-hybridized carbons (Fsp3) is 0.432. The Bertz CT molecular complexity index is 1710. The van der Waals surface area contributed by atoms with Crippen LogP contribution >= 0.6 is 0 Å². The lowest BCUT2D eigenvalue weighted by atomic mass is 9.98. The molecule has 3 N–H and O–H groups in total. The summed E-state index contributed by atoms with van der Waals surface area (Å²) < 4.78 is 55.4. The second-order valence-electron chi connectivity index (χ2n) is 12.8. The Balaban J connectivity index is 1.16. The molecule has 12 heteroatoms. The zero-order valence-corrected chi connectivity index (χ0v) is 28.1. The van der Waals surface area contributed by atoms with Crippen molar-refractivity contribution in [2.75, 3.05) is 66.6 Å². The first-order chi connectivity index (χ1) is 23.7. The summed E-state index contributed by atoms with van der Waals surface area (Å²) in [5, 5.41) is 10.2. The van der Waals surface area contributed by atoms with E-state index in [9.17, 15) is 18.0 Å². The number of rotatable bonds is 12. The van der Waals surface area contributed by atoms with Crippen LogP contribution in [0.2, 0.25) is 0 Å². The van der Waals surface area contributed by atoms with Gasteiger partial charge in [-0.15, -0.1) is 0 Å². The van der Waals surface area contributed by atoms with Gasteiger partial charge in [-0.1, -0.05) is 24.3 Å². The second-order valence-corrected chi connectivity index (χ2v) is 12.8. The molecule has 0 saturated carbocycles. The standard InChI is InChI=1S/C37H45F3N6O3/c1-48-28-18-27(19-29(21-28)49-2)24-45-16-14-44(15-17-45)23-26-8-9-35-31(20-26)32(30-6-3-4-7-33(30)37(38,39)40)25-46(35)13-5-10-43-36(47)34-22-41-11-12-42-34/h3-4,6-9,18-21,25,34,41-42H,5,10-17,22-24H2,1-2H3,(H,43,47). The lowest BCUT2D eigenvalue weighted by Crippen LogP contribution is -2.55. The monoisotopic (exact) mass is 678 g/mol. The number of piperazine rings is 2. The third-order valence-electron chi connectivity index (χ3n) is 9.39. The van der Waals surface area contributed by atoms with Crippen LogP contribution in [0.25, 0.3) is 22.0 Å². The molecule has 2 aliphatic heterocycles. The van der Waals surface area contributed by atoms with E-state index in [4.69, 9.17) is 9.47 Å². The Hall–Kier alpha value is -4.10. The number of hydrogen-bond donors (Lipinski definition) is 3. The van der Waals surface area contributed by atoms with Gasteiger partial charge in [0, 0.05) is 101 Å². The molecule has 1 unspecified atom stereocenters. The SMILES string of the molecule is COc1cc(CN2CCN(Cc3ccc4c(c3)c(-c3ccccc3C(F)(F)F)cn4CCCNC(=O)C3CNCCN3)CC2)cc(OC)c1. The maximum absolute atomic E-state index is 14.2. The first-order valence-corrected chi connectivity index (χ1v) is 16.9. The topological polar surface area (TPSA) is 83.0 Å². The van der Waals surface area contributed by atoms with Gasteiger partial charge in [-0.2, -0.15) is 13.2 Å². The van der Waals surface area contributed by atoms with Gasteiger partial charge in [0.2, 0.25) is 5.91 Å². The molecular weight excluding hydrogens is 633 g/mol. The average Bonchev–Trinajstić information content (AvgIpc) is 3.48. The summed E-state index contributed by atoms with van der Waals surface area (Å²) >= 11 is 0. The molecule has 3 aromatic carbocycles. The van der Waals surface area contributed by atoms with Crippen LogP contribution in [-0.2, 0) is 30.6 Å². The first-order valence-electron chi connectivity index (χ1n) is 16.9. The Morgan fingerprint density at radius 2 is 1.57 bits per heavy atom. The van der Waals surface area contributed by atoms with Crippen molar-refractivity contribution in [1.29, 1.82) is 0 Å². The smallest absolute Gasteiger partial charge is 0.417 e. The molecule has 0 spiro atoms. The number of methoxy groups -OCH3 is 2. The van der Waals surface area contributed by atoms with E-state index in [1.54, 1.807) is 26.4 Å². The second kappa shape index (κ2) is 15.6. The van der Waals surface area contributed by atoms with Gasteiger partial charge in [-0.25, -0.2) is 0 Å². The van der Waals surface area contributed by atoms with Crippen molar-refractivity contribution in [1.82, 2.24) is 30.3 Å². The minimum absolute atomic E-state index is 0.0460. The molecule has 3 heterocycles. The molecule has 1 atom stereocenters. The summed E-state index contributed by atoms with van der Waals surface area (Å²) in [6.45, 7) is 8.25. The van der Waals surface area contributed by atoms with Crippen LogP contribution in [0.3, 0.4) is 0 Å². The lowest BCUT2D eigenvalue weighted by Gasteiger charge is -2.34. The van der Waals surface area contributed by atoms with Gasteiger partial charge >= 0.3 is 6.18 Å². The number of aryl methyl sites for hydroxylation is 1. The Morgan fingerprint density at radius 3 is 2.22 bits per heavy atom. The highest BCUT2D eigenvalue weighted by molar-refractivity contribution is 5.97. The molecule has 1 aromatic heterocycles. The van der Waals surface area contributed by atoms with Gasteiger partial charge in [0.1, 0.15) is 11.5 Å². The van der Waals surface area contributed by atoms with Crippen LogP contribution in [0.5, 0.6) is 11.5 Å². The quantitative estimate of drug-likeness (QED) is 0.187. The predicted molar refractivity (Wildman–Crippen MR) is 185 cm³/mol. The molecule has 49 heavy (non-hydrogen) atoms. The van der Waals surface area contributed by atoms with Crippen molar-refractivity contribution in [3.8, 4) is 22.6 Å². The molecule has 2 saturated heterocycles. The number of alkyl halides is 3. The number of nitrogens with one attached hydrogen (secondary N) is 3. The van der Waals surface area contributed by atoms with E-state index < -0.39 is 11.7 Å². The summed E-state index contributed by atoms with van der Waals surface area (Å²) in [7, 11) is 3.30. The van der Waals surface area contributed by atoms with Crippen LogP contribution in [0.4, 0.5) is 13.2 Å². The number of fused-ring (bicyclic) bond motifs is 1. The van der Waals surface area contributed by atoms with Crippen molar-refractivity contribution in [3.63, 3.8) is 0 Å². The van der Waals surface area contributed by atoms with Crippen LogP contribution in [0, 0.1) is 0 Å². The third-order valence-corrected chi connectivity index (χ3v) is 9.39. The fourth-order valence-electron chi connectivity index (χ4n) is 6.81. The lowest BCUT2D eigenvalue weighted by molar-refractivity contribution is -0.137. The van der Waals surface area contributed by atoms with Crippen LogP contribution in [0.1, 0.15) is 23.1 Å². The highest BCUT2D eigenvalue weighted by atomic mass is 19.4. The molecular formula is C37H45F3N6O3. The molecule has 0 aliphatic carbocycles. The number of halogens is 3. The summed E-state index contributed by atoms with van der Waals surface area (Å²) in [6.07, 6.45) is -2.00. The average molecular weight is 679 g/mol. The van der Waals surface area contributed by atoms with E-state index in [0.29, 0.717) is 38.2 Å². The number of benzene rings is 3. The number of carbonyl (C=O) groups is 1. The van der Waals surface area contributed by atoms with E-state index in [1.165, 1.54) is 6.07 Å². The zero-order chi connectivity index (χ0) is 34.4. The number of hydrogen-bond acceptors (Lipinski definition) is 7. The number of amides is 1. The summed E-state index contributed by atoms with van der Waals surface area (Å²) in [4.78, 5) is 17.3. The van der Waals surface area contributed by atoms with Crippen molar-refractivity contribution < 1.29 is 27.4 Å². The minimum Gasteiger partial charge on any atom is -0.497 e. The molecule has 4 aromatic rings. The molecule has 2 fully saturated rings. The first kappa shape index (κ1) is 34.8. The minimum atomic E-state index is -4.48. The van der Waals surface area contributed by atoms with Crippen LogP contribution in [0.15, 0.2) is 66.9 Å². The number of aromatic nitrogens is 1. The maximum atomic E-state index is 14.2. The van der Waals surface area contributed by atoms with Gasteiger partial charge < -0.3 is 30.0 Å². The van der Waals surface area contributed by atoms with Crippen molar-refractivity contribution in [2.24, 2.45) is 0 Å². The van der Waals surface area contributed by atoms with E-state index in [-0.39, 0.29) is 17.5 Å². The van der Waals surface area contributed by atoms with E-state index in [0.717, 1.165) is 85.4 Å². The van der Waals surface area contributed by atoms with Gasteiger partial charge in [0.05, 0.1) is 25.8 Å². The Kier molecular flexibility index (Phi) is 11.1. The number of carbonyl (C=O) groups excluding carboxylic acids is 1. The molecule has 1 amide bonds. The normalized spacial score (nSPS) is 17.7. The fourth-order valence-corrected chi connectivity index (χ4v) is 6.81. The highest BCUT2D eigenvalue weighted by Crippen LogP contribution is 2.40. The highest BCUT2D eigenvalue weighted by Gasteiger charge is 2.34. The largest absolute Gasteiger partial charge is 0.497 e. The Labute approximate surface area is 285 Å². The van der Waals surface area contributed by atoms with E-state index in [2.05, 4.69) is 31.8 Å². The van der Waals surface area contributed by atoms with E-state index >= 15 is 0 Å². The summed E-state index contributed by atoms with van der Waals surface area (Å²) in [6, 6.07) is 17.6. The molecule has 262 valence electrons. The number of ether oxygens (including phenoxy) is 2. The molecule has 0 bridgehead atoms. The predicted octanol–water partition coefficient (Wildman–Crippen LogP) is 4.73.